The number of halogens is 1. The van der Waals surface area contributed by atoms with Crippen LogP contribution in [-0.4, -0.2) is 42.5 Å². The van der Waals surface area contributed by atoms with Crippen molar-refractivity contribution in [1.82, 2.24) is 10.3 Å². The number of hydrogen-bond donors (Lipinski definition) is 1. The number of nitrogens with zero attached hydrogens (tertiary/aromatic N) is 1. The average molecular weight is 402 g/mol. The Morgan fingerprint density at radius 2 is 2.14 bits per heavy atom. The van der Waals surface area contributed by atoms with E-state index in [1.807, 2.05) is 26.8 Å². The zero-order chi connectivity index (χ0) is 21.0. The van der Waals surface area contributed by atoms with Gasteiger partial charge in [0.05, 0.1) is 37.6 Å². The number of carbonyl (C=O) groups is 1. The maximum atomic E-state index is 14.4. The van der Waals surface area contributed by atoms with Crippen molar-refractivity contribution in [3.8, 4) is 5.75 Å². The van der Waals surface area contributed by atoms with Crippen molar-refractivity contribution in [2.24, 2.45) is 0 Å². The van der Waals surface area contributed by atoms with Crippen LogP contribution < -0.4 is 10.1 Å². The molecule has 2 atom stereocenters. The lowest BCUT2D eigenvalue weighted by Crippen LogP contribution is -2.44. The minimum Gasteiger partial charge on any atom is -0.497 e. The summed E-state index contributed by atoms with van der Waals surface area (Å²) in [6, 6.07) is 5.27. The number of pyridine rings is 1. The maximum absolute atomic E-state index is 14.4. The lowest BCUT2D eigenvalue weighted by molar-refractivity contribution is 0.0136. The quantitative estimate of drug-likeness (QED) is 0.817. The summed E-state index contributed by atoms with van der Waals surface area (Å²) in [7, 11) is 1.57. The standard InChI is InChI=1S/C22H27FN2O4/c1-22(2,3)29-21(26)25-14-5-6-15(28-13-14)7-9-17-18-11-16(27-4)8-10-20(18)24-12-19(17)23/h7-12,14-15H,5-6,13H2,1-4H3,(H,25,26)/t14-,15+/m1/s1. The largest absolute Gasteiger partial charge is 0.497 e. The van der Waals surface area contributed by atoms with E-state index in [0.717, 1.165) is 6.42 Å². The van der Waals surface area contributed by atoms with Crippen molar-refractivity contribution in [3.63, 3.8) is 0 Å². The molecular formula is C22H27FN2O4. The zero-order valence-electron chi connectivity index (χ0n) is 17.2. The summed E-state index contributed by atoms with van der Waals surface area (Å²) in [6.45, 7) is 5.84. The number of methoxy groups -OCH3 is 1. The Bertz CT molecular complexity index is 900. The smallest absolute Gasteiger partial charge is 0.407 e. The second-order valence-electron chi connectivity index (χ2n) is 8.05. The van der Waals surface area contributed by atoms with E-state index in [1.165, 1.54) is 6.20 Å². The minimum atomic E-state index is -0.537. The highest BCUT2D eigenvalue weighted by Gasteiger charge is 2.24. The molecule has 6 nitrogen and oxygen atoms in total. The fourth-order valence-electron chi connectivity index (χ4n) is 3.18. The molecule has 1 aliphatic heterocycles. The van der Waals surface area contributed by atoms with Gasteiger partial charge in [-0.3, -0.25) is 4.98 Å². The molecule has 1 amide bonds. The van der Waals surface area contributed by atoms with E-state index in [9.17, 15) is 9.18 Å². The Balaban J connectivity index is 1.63. The first-order valence-electron chi connectivity index (χ1n) is 9.67. The van der Waals surface area contributed by atoms with Crippen LogP contribution in [0.3, 0.4) is 0 Å². The van der Waals surface area contributed by atoms with Crippen LogP contribution in [0.25, 0.3) is 17.0 Å². The van der Waals surface area contributed by atoms with Gasteiger partial charge in [0.1, 0.15) is 17.2 Å². The van der Waals surface area contributed by atoms with E-state index < -0.39 is 17.5 Å². The molecule has 1 fully saturated rings. The first-order chi connectivity index (χ1) is 13.7. The zero-order valence-corrected chi connectivity index (χ0v) is 17.2. The normalized spacial score (nSPS) is 20.0. The Labute approximate surface area is 170 Å². The van der Waals surface area contributed by atoms with Crippen LogP contribution in [0.4, 0.5) is 9.18 Å². The Hall–Kier alpha value is -2.67. The van der Waals surface area contributed by atoms with E-state index in [4.69, 9.17) is 14.2 Å². The monoisotopic (exact) mass is 402 g/mol. The number of rotatable bonds is 4. The van der Waals surface area contributed by atoms with Gasteiger partial charge in [-0.15, -0.1) is 0 Å². The number of aromatic nitrogens is 1. The fourth-order valence-corrected chi connectivity index (χ4v) is 3.18. The molecule has 1 aliphatic rings. The number of carbonyl (C=O) groups excluding carboxylic acids is 1. The van der Waals surface area contributed by atoms with E-state index in [2.05, 4.69) is 10.3 Å². The highest BCUT2D eigenvalue weighted by atomic mass is 19.1. The summed E-state index contributed by atoms with van der Waals surface area (Å²) < 4.78 is 30.7. The molecule has 2 heterocycles. The molecule has 7 heteroatoms. The predicted molar refractivity (Wildman–Crippen MR) is 109 cm³/mol. The summed E-state index contributed by atoms with van der Waals surface area (Å²) in [5.74, 6) is 0.242. The van der Waals surface area contributed by atoms with Gasteiger partial charge in [-0.05, 0) is 51.8 Å². The van der Waals surface area contributed by atoms with Crippen molar-refractivity contribution in [1.29, 1.82) is 0 Å². The number of fused-ring (bicyclic) bond motifs is 1. The van der Waals surface area contributed by atoms with Crippen molar-refractivity contribution in [3.05, 3.63) is 41.9 Å². The van der Waals surface area contributed by atoms with Crippen molar-refractivity contribution >= 4 is 23.1 Å². The molecule has 1 aromatic carbocycles. The molecule has 0 unspecified atom stereocenters. The van der Waals surface area contributed by atoms with Gasteiger partial charge >= 0.3 is 6.09 Å². The van der Waals surface area contributed by atoms with Gasteiger partial charge in [-0.2, -0.15) is 0 Å². The molecule has 0 bridgehead atoms. The number of ether oxygens (including phenoxy) is 3. The fraction of sp³-hybridized carbons (Fsp3) is 0.455. The molecule has 1 saturated heterocycles. The summed E-state index contributed by atoms with van der Waals surface area (Å²) in [6.07, 6.45) is 5.66. The Morgan fingerprint density at radius 3 is 2.79 bits per heavy atom. The van der Waals surface area contributed by atoms with Crippen LogP contribution in [0.5, 0.6) is 5.75 Å². The van der Waals surface area contributed by atoms with Crippen LogP contribution >= 0.6 is 0 Å². The second kappa shape index (κ2) is 8.78. The third-order valence-corrected chi connectivity index (χ3v) is 4.58. The number of benzene rings is 1. The summed E-state index contributed by atoms with van der Waals surface area (Å²) in [5.41, 5.74) is 0.606. The average Bonchev–Trinajstić information content (AvgIpc) is 2.66. The van der Waals surface area contributed by atoms with Gasteiger partial charge < -0.3 is 19.5 Å². The van der Waals surface area contributed by atoms with E-state index in [-0.39, 0.29) is 12.1 Å². The molecule has 0 spiro atoms. The van der Waals surface area contributed by atoms with Gasteiger partial charge in [0, 0.05) is 10.9 Å². The summed E-state index contributed by atoms with van der Waals surface area (Å²) in [5, 5.41) is 3.50. The van der Waals surface area contributed by atoms with Crippen LogP contribution in [0.2, 0.25) is 0 Å². The van der Waals surface area contributed by atoms with Gasteiger partial charge in [0.15, 0.2) is 0 Å². The number of hydrogen-bond acceptors (Lipinski definition) is 5. The number of nitrogens with one attached hydrogen (secondary N) is 1. The van der Waals surface area contributed by atoms with Gasteiger partial charge in [-0.25, -0.2) is 9.18 Å². The molecule has 1 N–H and O–H groups in total. The SMILES string of the molecule is COc1ccc2ncc(F)c(C=C[C@@H]3CC[C@@H](NC(=O)OC(C)(C)C)CO3)c2c1. The lowest BCUT2D eigenvalue weighted by atomic mass is 10.0. The molecule has 2 aromatic rings. The van der Waals surface area contributed by atoms with Crippen LogP contribution in [0, 0.1) is 5.82 Å². The van der Waals surface area contributed by atoms with E-state index in [1.54, 1.807) is 31.4 Å². The highest BCUT2D eigenvalue weighted by Crippen LogP contribution is 2.26. The molecule has 1 aromatic heterocycles. The molecule has 29 heavy (non-hydrogen) atoms. The van der Waals surface area contributed by atoms with Gasteiger partial charge in [-0.1, -0.05) is 12.2 Å². The first-order valence-corrected chi connectivity index (χ1v) is 9.67. The summed E-state index contributed by atoms with van der Waals surface area (Å²) in [4.78, 5) is 16.0. The molecular weight excluding hydrogens is 375 g/mol. The van der Waals surface area contributed by atoms with Crippen molar-refractivity contribution < 1.29 is 23.4 Å². The third-order valence-electron chi connectivity index (χ3n) is 4.58. The summed E-state index contributed by atoms with van der Waals surface area (Å²) >= 11 is 0. The Kier molecular flexibility index (Phi) is 6.37. The molecule has 156 valence electrons. The number of alkyl carbamates (subject to hydrolysis) is 1. The third kappa shape index (κ3) is 5.67. The van der Waals surface area contributed by atoms with Crippen LogP contribution in [0.1, 0.15) is 39.2 Å². The molecule has 0 saturated carbocycles. The predicted octanol–water partition coefficient (Wildman–Crippen LogP) is 4.47. The van der Waals surface area contributed by atoms with Gasteiger partial charge in [0.2, 0.25) is 0 Å². The van der Waals surface area contributed by atoms with Crippen LogP contribution in [0.15, 0.2) is 30.5 Å². The lowest BCUT2D eigenvalue weighted by Gasteiger charge is -2.29. The molecule has 0 aliphatic carbocycles. The molecule has 0 radical (unpaired) electrons. The van der Waals surface area contributed by atoms with Crippen LogP contribution in [-0.2, 0) is 9.47 Å². The Morgan fingerprint density at radius 1 is 1.34 bits per heavy atom. The van der Waals surface area contributed by atoms with E-state index >= 15 is 0 Å². The van der Waals surface area contributed by atoms with E-state index in [0.29, 0.717) is 35.2 Å². The van der Waals surface area contributed by atoms with Crippen molar-refractivity contribution in [2.75, 3.05) is 13.7 Å². The second-order valence-corrected chi connectivity index (χ2v) is 8.05. The first kappa shape index (κ1) is 21.0. The highest BCUT2D eigenvalue weighted by molar-refractivity contribution is 5.89. The van der Waals surface area contributed by atoms with Crippen molar-refractivity contribution in [2.45, 2.75) is 51.4 Å². The molecule has 3 rings (SSSR count). The topological polar surface area (TPSA) is 69.7 Å². The number of amides is 1. The maximum Gasteiger partial charge on any atom is 0.407 e. The van der Waals surface area contributed by atoms with Gasteiger partial charge in [0.25, 0.3) is 0 Å². The minimum absolute atomic E-state index is 0.0998.